The average molecular weight is 447 g/mol. The van der Waals surface area contributed by atoms with Crippen LogP contribution in [0.1, 0.15) is 28.5 Å². The van der Waals surface area contributed by atoms with E-state index in [1.165, 1.54) is 0 Å². The minimum absolute atomic E-state index is 0.272. The fraction of sp³-hybridized carbons (Fsp3) is 0.200. The van der Waals surface area contributed by atoms with Crippen LogP contribution in [-0.2, 0) is 4.74 Å². The number of nitrogens with zero attached hydrogens (tertiary/aromatic N) is 3. The zero-order valence-corrected chi connectivity index (χ0v) is 18.6. The molecule has 0 unspecified atom stereocenters. The number of esters is 1. The van der Waals surface area contributed by atoms with Gasteiger partial charge in [0.05, 0.1) is 23.0 Å². The Morgan fingerprint density at radius 2 is 1.83 bits per heavy atom. The molecule has 0 aliphatic rings. The van der Waals surface area contributed by atoms with Crippen molar-refractivity contribution in [2.24, 2.45) is 4.30 Å². The van der Waals surface area contributed by atoms with E-state index < -0.39 is 5.97 Å². The quantitative estimate of drug-likeness (QED) is 0.312. The second-order valence-corrected chi connectivity index (χ2v) is 7.11. The first kappa shape index (κ1) is 23.2. The number of thiol groups is 1. The van der Waals surface area contributed by atoms with Gasteiger partial charge in [0.2, 0.25) is 0 Å². The summed E-state index contributed by atoms with van der Waals surface area (Å²) in [5, 5.41) is 5.48. The van der Waals surface area contributed by atoms with Crippen LogP contribution >= 0.6 is 36.0 Å². The summed E-state index contributed by atoms with van der Waals surface area (Å²) in [6.07, 6.45) is 0. The number of aryl methyl sites for hydroxylation is 1. The molecule has 29 heavy (non-hydrogen) atoms. The summed E-state index contributed by atoms with van der Waals surface area (Å²) in [4.78, 5) is 12.3. The van der Waals surface area contributed by atoms with E-state index in [2.05, 4.69) is 29.9 Å². The number of ether oxygens (including phenoxy) is 1. The molecule has 3 aromatic rings. The van der Waals surface area contributed by atoms with Gasteiger partial charge in [0, 0.05) is 16.1 Å². The molecular weight excluding hydrogens is 428 g/mol. The topological polar surface area (TPSA) is 56.5 Å². The Labute approximate surface area is 186 Å². The van der Waals surface area contributed by atoms with E-state index in [0.717, 1.165) is 22.4 Å². The van der Waals surface area contributed by atoms with Crippen LogP contribution in [0.3, 0.4) is 0 Å². The summed E-state index contributed by atoms with van der Waals surface area (Å²) in [7, 11) is 4.34. The van der Waals surface area contributed by atoms with E-state index in [1.807, 2.05) is 38.1 Å². The molecule has 0 atom stereocenters. The molecule has 1 radical (unpaired) electrons. The van der Waals surface area contributed by atoms with Gasteiger partial charge in [0.15, 0.2) is 5.69 Å². The molecule has 149 valence electrons. The molecule has 0 spiro atoms. The van der Waals surface area contributed by atoms with Gasteiger partial charge < -0.3 is 4.74 Å². The summed E-state index contributed by atoms with van der Waals surface area (Å²) in [5.74, 6) is -0.456. The number of hydrogen-bond acceptors (Lipinski definition) is 5. The van der Waals surface area contributed by atoms with Crippen molar-refractivity contribution in [3.8, 4) is 16.9 Å². The SMILES string of the molecule is CCOC(=O)c1nn(-c2ccc(Cl)cc2Cl)c(-c2ccc(C)cc2)c1C.[B]=NS. The van der Waals surface area contributed by atoms with Crippen molar-refractivity contribution in [1.82, 2.24) is 9.78 Å². The summed E-state index contributed by atoms with van der Waals surface area (Å²) in [6, 6.07) is 13.2. The molecule has 0 aliphatic heterocycles. The Morgan fingerprint density at radius 1 is 1.21 bits per heavy atom. The summed E-state index contributed by atoms with van der Waals surface area (Å²) in [6.45, 7) is 5.93. The Balaban J connectivity index is 0.000000941. The Morgan fingerprint density at radius 3 is 2.38 bits per heavy atom. The van der Waals surface area contributed by atoms with Crippen LogP contribution in [0.2, 0.25) is 10.0 Å². The van der Waals surface area contributed by atoms with Crippen LogP contribution < -0.4 is 0 Å². The Bertz CT molecular complexity index is 1020. The molecule has 0 N–H and O–H groups in total. The third kappa shape index (κ3) is 5.50. The van der Waals surface area contributed by atoms with Crippen LogP contribution in [0.5, 0.6) is 0 Å². The van der Waals surface area contributed by atoms with Gasteiger partial charge in [-0.05, 0) is 39.0 Å². The Kier molecular flexibility index (Phi) is 8.50. The second-order valence-electron chi connectivity index (χ2n) is 6.03. The van der Waals surface area contributed by atoms with Crippen LogP contribution in [0, 0.1) is 13.8 Å². The average Bonchev–Trinajstić information content (AvgIpc) is 3.00. The van der Waals surface area contributed by atoms with Crippen molar-refractivity contribution >= 4 is 49.6 Å². The molecule has 0 saturated heterocycles. The van der Waals surface area contributed by atoms with E-state index in [-0.39, 0.29) is 12.3 Å². The molecule has 0 fully saturated rings. The van der Waals surface area contributed by atoms with E-state index in [0.29, 0.717) is 15.7 Å². The van der Waals surface area contributed by atoms with Crippen molar-refractivity contribution in [3.05, 3.63) is 69.3 Å². The molecule has 0 saturated carbocycles. The molecule has 5 nitrogen and oxygen atoms in total. The fourth-order valence-corrected chi connectivity index (χ4v) is 3.26. The summed E-state index contributed by atoms with van der Waals surface area (Å²) >= 11 is 15.6. The monoisotopic (exact) mass is 446 g/mol. The van der Waals surface area contributed by atoms with Crippen molar-refractivity contribution < 1.29 is 9.53 Å². The maximum absolute atomic E-state index is 12.3. The molecule has 0 bridgehead atoms. The number of aromatic nitrogens is 2. The predicted molar refractivity (Wildman–Crippen MR) is 122 cm³/mol. The number of hydrogen-bond donors (Lipinski definition) is 1. The predicted octanol–water partition coefficient (Wildman–Crippen LogP) is 5.82. The van der Waals surface area contributed by atoms with Gasteiger partial charge in [-0.1, -0.05) is 53.0 Å². The fourth-order valence-electron chi connectivity index (χ4n) is 2.77. The number of benzene rings is 2. The minimum atomic E-state index is -0.456. The molecule has 0 amide bonds. The third-order valence-electron chi connectivity index (χ3n) is 4.05. The summed E-state index contributed by atoms with van der Waals surface area (Å²) < 4.78 is 9.51. The van der Waals surface area contributed by atoms with E-state index in [9.17, 15) is 4.79 Å². The number of carbonyl (C=O) groups excluding carboxylic acids is 1. The van der Waals surface area contributed by atoms with Crippen LogP contribution in [0.15, 0.2) is 46.8 Å². The zero-order valence-electron chi connectivity index (χ0n) is 16.2. The summed E-state index contributed by atoms with van der Waals surface area (Å²) in [5.41, 5.74) is 4.52. The van der Waals surface area contributed by atoms with Crippen molar-refractivity contribution in [3.63, 3.8) is 0 Å². The van der Waals surface area contributed by atoms with Gasteiger partial charge in [-0.25, -0.2) is 9.48 Å². The van der Waals surface area contributed by atoms with Gasteiger partial charge in [-0.3, -0.25) is 0 Å². The zero-order chi connectivity index (χ0) is 21.6. The van der Waals surface area contributed by atoms with Gasteiger partial charge in [-0.15, -0.1) is 0 Å². The van der Waals surface area contributed by atoms with Gasteiger partial charge in [0.1, 0.15) is 0 Å². The van der Waals surface area contributed by atoms with E-state index >= 15 is 0 Å². The third-order valence-corrected chi connectivity index (χ3v) is 4.59. The van der Waals surface area contributed by atoms with Crippen LogP contribution in [0.25, 0.3) is 16.9 Å². The number of halogens is 2. The number of carbonyl (C=O) groups is 1. The molecule has 3 rings (SSSR count). The standard InChI is InChI=1S/C20H18Cl2N2O2.BHNS/c1-4-26-20(25)18-13(3)19(14-7-5-12(2)6-8-14)24(23-18)17-10-9-15(21)11-16(17)22;1-2-3/h5-11H,4H2,1-3H3;3H. The van der Waals surface area contributed by atoms with Crippen molar-refractivity contribution in [1.29, 1.82) is 0 Å². The first-order valence-corrected chi connectivity index (χ1v) is 9.83. The van der Waals surface area contributed by atoms with E-state index in [4.69, 9.17) is 27.9 Å². The van der Waals surface area contributed by atoms with Crippen LogP contribution in [-0.4, -0.2) is 30.0 Å². The molecule has 1 aromatic heterocycles. The second kappa shape index (κ2) is 10.6. The molecule has 0 aliphatic carbocycles. The van der Waals surface area contributed by atoms with Gasteiger partial charge in [0.25, 0.3) is 0 Å². The first-order chi connectivity index (χ1) is 13.8. The van der Waals surface area contributed by atoms with Crippen molar-refractivity contribution in [2.75, 3.05) is 6.61 Å². The van der Waals surface area contributed by atoms with Crippen LogP contribution in [0.4, 0.5) is 0 Å². The maximum atomic E-state index is 12.3. The number of rotatable bonds is 4. The van der Waals surface area contributed by atoms with Crippen molar-refractivity contribution in [2.45, 2.75) is 20.8 Å². The first-order valence-electron chi connectivity index (χ1n) is 8.67. The Hall–Kier alpha value is -2.09. The molecule has 9 heteroatoms. The molecule has 2 aromatic carbocycles. The van der Waals surface area contributed by atoms with Gasteiger partial charge in [-0.2, -0.15) is 5.10 Å². The molecule has 1 heterocycles. The normalized spacial score (nSPS) is 10.1. The van der Waals surface area contributed by atoms with E-state index in [1.54, 1.807) is 29.8 Å². The van der Waals surface area contributed by atoms with Gasteiger partial charge >= 0.3 is 30.7 Å². The molecular formula is C20H19BCl2N3O2S.